The number of fused-ring (bicyclic) bond motifs is 20. The van der Waals surface area contributed by atoms with Crippen LogP contribution in [0.4, 0.5) is 0 Å². The molecule has 0 aliphatic carbocycles. The van der Waals surface area contributed by atoms with Crippen LogP contribution < -0.4 is 57.8 Å². The van der Waals surface area contributed by atoms with Crippen LogP contribution in [0.15, 0.2) is 146 Å². The van der Waals surface area contributed by atoms with E-state index in [1.165, 1.54) is 191 Å². The van der Waals surface area contributed by atoms with Crippen molar-refractivity contribution in [1.29, 1.82) is 0 Å². The van der Waals surface area contributed by atoms with Crippen molar-refractivity contribution in [3.05, 3.63) is 279 Å². The molecule has 0 saturated carbocycles. The van der Waals surface area contributed by atoms with Gasteiger partial charge in [-0.2, -0.15) is 0 Å². The van der Waals surface area contributed by atoms with E-state index in [1.54, 1.807) is 0 Å². The molecular weight excluding hydrogens is 2380 g/mol. The standard InChI is InChI=1S/C104H98N8Te8/c1-49-33-57(9)89(58(10)34-49)113-73-25-26-74(114-90-59(11)35-50(2)36-60(90)12)82-81(73)97-105-98(82)110-100-85-77(117-93-65(17)41-53(5)42-66(93)18)29-30-78(118-94-67(19)43-54(6)44-68(94)20)86(85)102(107-100)112-104-88-80(120-96-71(23)47-56(8)48-72(96)24)32-31-79(119-95-69(21)45-55(7)46-70(95)22)87(88)103(108-104)111-101-84-76(116-92-63(15)39-52(4)40-64(92)16)28-27-75(83(84)99(106-101)109-97)115-91-61(13)37-51(3)38-62(91)14/h25-48H,1-24H3,(H2,105,106,107,108,109,110,111,112). The minimum atomic E-state index is -1.12. The van der Waals surface area contributed by atoms with Crippen LogP contribution in [0, 0.1) is 166 Å². The summed E-state index contributed by atoms with van der Waals surface area (Å²) in [4.78, 5) is 46.5. The number of H-pyrrole nitrogens is 2. The van der Waals surface area contributed by atoms with Crippen molar-refractivity contribution in [1.82, 2.24) is 39.9 Å². The number of nitrogens with one attached hydrogen (secondary N) is 2. The van der Waals surface area contributed by atoms with E-state index in [0.717, 1.165) is 66.4 Å². The van der Waals surface area contributed by atoms with Gasteiger partial charge in [0.05, 0.1) is 0 Å². The summed E-state index contributed by atoms with van der Waals surface area (Å²) in [5.41, 5.74) is 39.4. The molecule has 2 aliphatic heterocycles. The van der Waals surface area contributed by atoms with E-state index >= 15 is 0 Å². The van der Waals surface area contributed by atoms with E-state index in [9.17, 15) is 0 Å². The van der Waals surface area contributed by atoms with Gasteiger partial charge in [0.1, 0.15) is 0 Å². The van der Waals surface area contributed by atoms with E-state index in [-0.39, 0.29) is 0 Å². The Morgan fingerprint density at radius 1 is 0.167 bits per heavy atom. The quantitative estimate of drug-likeness (QED) is 0.0933. The van der Waals surface area contributed by atoms with Crippen LogP contribution in [0.5, 0.6) is 0 Å². The summed E-state index contributed by atoms with van der Waals surface area (Å²) < 4.78 is 22.2. The zero-order valence-corrected chi connectivity index (χ0v) is 91.4. The molecule has 12 aromatic carbocycles. The average Bonchev–Trinajstić information content (AvgIpc) is 1.57. The van der Waals surface area contributed by atoms with Crippen molar-refractivity contribution in [2.24, 2.45) is 0 Å². The normalized spacial score (nSPS) is 11.9. The predicted octanol–water partition coefficient (Wildman–Crippen LogP) is 11.5. The van der Waals surface area contributed by atoms with E-state index in [4.69, 9.17) is 29.9 Å². The number of aromatic nitrogens is 8. The molecule has 0 atom stereocenters. The van der Waals surface area contributed by atoms with Gasteiger partial charge in [0.25, 0.3) is 0 Å². The molecule has 2 aliphatic rings. The van der Waals surface area contributed by atoms with Crippen molar-refractivity contribution in [3.8, 4) is 45.6 Å². The van der Waals surface area contributed by atoms with E-state index in [2.05, 4.69) is 322 Å². The van der Waals surface area contributed by atoms with Gasteiger partial charge in [-0.25, -0.2) is 0 Å². The molecule has 8 bridgehead atoms. The molecule has 0 saturated heterocycles. The fourth-order valence-electron chi connectivity index (χ4n) is 18.2. The Morgan fingerprint density at radius 2 is 0.292 bits per heavy atom. The zero-order chi connectivity index (χ0) is 84.6. The van der Waals surface area contributed by atoms with Gasteiger partial charge in [-0.1, -0.05) is 0 Å². The molecule has 120 heavy (non-hydrogen) atoms. The summed E-state index contributed by atoms with van der Waals surface area (Å²) in [7, 11) is 0. The Labute approximate surface area is 789 Å². The van der Waals surface area contributed by atoms with Gasteiger partial charge in [-0.15, -0.1) is 0 Å². The number of aryl methyl sites for hydroxylation is 24. The van der Waals surface area contributed by atoms with Crippen LogP contribution in [0.3, 0.4) is 0 Å². The Kier molecular flexibility index (Phi) is 25.2. The van der Waals surface area contributed by atoms with E-state index in [1.807, 2.05) is 0 Å². The van der Waals surface area contributed by atoms with Crippen molar-refractivity contribution < 1.29 is 0 Å². The Hall–Kier alpha value is -5.68. The molecule has 16 heteroatoms. The third kappa shape index (κ3) is 17.0. The number of hydrogen-bond donors (Lipinski definition) is 2. The molecule has 0 fully saturated rings. The van der Waals surface area contributed by atoms with Crippen LogP contribution in [0.1, 0.15) is 134 Å². The number of hydrogen-bond acceptors (Lipinski definition) is 6. The van der Waals surface area contributed by atoms with Gasteiger partial charge >= 0.3 is 800 Å². The second-order valence-corrected chi connectivity index (χ2v) is 57.5. The molecule has 5 heterocycles. The summed E-state index contributed by atoms with van der Waals surface area (Å²) >= 11 is -8.95. The Morgan fingerprint density at radius 3 is 0.433 bits per heavy atom. The molecular formula is C104H98N8Te8. The molecule has 8 nitrogen and oxygen atoms in total. The fraction of sp³-hybridized carbons (Fsp3) is 0.231. The molecule has 602 valence electrons. The number of benzene rings is 12. The molecule has 17 rings (SSSR count). The first kappa shape index (κ1) is 86.4. The maximum absolute atomic E-state index is 6.39. The third-order valence-electron chi connectivity index (χ3n) is 22.7. The van der Waals surface area contributed by atoms with Gasteiger partial charge in [0, 0.05) is 0 Å². The van der Waals surface area contributed by atoms with Crippen LogP contribution in [0.25, 0.3) is 89.7 Å². The number of nitrogens with zero attached hydrogens (tertiary/aromatic N) is 6. The molecule has 3 aromatic heterocycles. The van der Waals surface area contributed by atoms with Crippen LogP contribution in [-0.4, -0.2) is 207 Å². The topological polar surface area (TPSA) is 109 Å². The fourth-order valence-corrected chi connectivity index (χ4v) is 43.2. The third-order valence-corrected chi connectivity index (χ3v) is 54.8. The molecule has 0 spiro atoms. The van der Waals surface area contributed by atoms with Crippen LogP contribution >= 0.6 is 0 Å². The molecule has 15 aromatic rings. The molecule has 0 amide bonds. The maximum atomic E-state index is 6.39. The summed E-state index contributed by atoms with van der Waals surface area (Å²) in [6, 6.07) is 58.4. The van der Waals surface area contributed by atoms with Crippen molar-refractivity contribution in [3.63, 3.8) is 0 Å². The van der Waals surface area contributed by atoms with Crippen molar-refractivity contribution in [2.75, 3.05) is 0 Å². The molecule has 0 radical (unpaired) electrons. The monoisotopic (exact) mass is 2500 g/mol. The van der Waals surface area contributed by atoms with Crippen molar-refractivity contribution in [2.45, 2.75) is 166 Å². The van der Waals surface area contributed by atoms with Gasteiger partial charge in [-0.05, 0) is 0 Å². The second kappa shape index (κ2) is 34.9. The summed E-state index contributed by atoms with van der Waals surface area (Å²) in [6.07, 6.45) is 0. The average molecular weight is 2480 g/mol. The second-order valence-electron chi connectivity index (χ2n) is 33.5. The number of rotatable bonds is 16. The van der Waals surface area contributed by atoms with Crippen LogP contribution in [-0.2, 0) is 0 Å². The Bertz CT molecular complexity index is 6090. The first-order chi connectivity index (χ1) is 57.3. The summed E-state index contributed by atoms with van der Waals surface area (Å²) in [5, 5.41) is 4.57. The van der Waals surface area contributed by atoms with Crippen molar-refractivity contribution >= 4 is 269 Å². The van der Waals surface area contributed by atoms with Gasteiger partial charge in [-0.3, -0.25) is 0 Å². The number of aromatic amines is 2. The summed E-state index contributed by atoms with van der Waals surface area (Å²) in [5.74, 6) is 2.80. The Balaban J connectivity index is 1.11. The van der Waals surface area contributed by atoms with Gasteiger partial charge in [0.2, 0.25) is 0 Å². The SMILES string of the molecule is Cc1cc(C)c([Te]c2ccc([Te]c3c(C)cc(C)cc3C)c3c2-c2nc-3nc3[nH]c(nc4nc(nc5[nH]c(n2)c2c([Te]c6c(C)cc(C)cc6C)ccc([Te]c6c(C)cc(C)cc6C)c52)-c2c([Te]c5c(C)cc(C)cc5C)ccc([Te]c5c(C)cc(C)cc5C)c2-4)c2c([Te]c4c(C)cc(C)cc4C)ccc([Te]c4c(C)cc(C)cc4C)c32)c(C)c1. The zero-order valence-electron chi connectivity index (χ0n) is 72.8. The minimum absolute atomic E-state index is 0.701. The molecule has 2 N–H and O–H groups in total. The first-order valence-electron chi connectivity index (χ1n) is 40.8. The molecule has 0 unspecified atom stereocenters. The van der Waals surface area contributed by atoms with Crippen LogP contribution in [0.2, 0.25) is 0 Å². The van der Waals surface area contributed by atoms with Gasteiger partial charge < -0.3 is 0 Å². The predicted molar refractivity (Wildman–Crippen MR) is 521 cm³/mol. The van der Waals surface area contributed by atoms with E-state index in [0.29, 0.717) is 23.3 Å². The van der Waals surface area contributed by atoms with E-state index < -0.39 is 167 Å². The first-order valence-corrected chi connectivity index (χ1v) is 59.5. The summed E-state index contributed by atoms with van der Waals surface area (Å²) in [6.45, 7) is 55.2. The van der Waals surface area contributed by atoms with Gasteiger partial charge in [0.15, 0.2) is 0 Å².